The third-order valence-corrected chi connectivity index (χ3v) is 2.04. The summed E-state index contributed by atoms with van der Waals surface area (Å²) < 4.78 is 0. The molecule has 0 N–H and O–H groups in total. The maximum absolute atomic E-state index is 11.0. The number of carbonyl (C=O) groups excluding carboxylic acids is 1. The topological polar surface area (TPSA) is 41.8 Å². The van der Waals surface area contributed by atoms with E-state index >= 15 is 0 Å². The van der Waals surface area contributed by atoms with E-state index in [4.69, 9.17) is 0 Å². The third-order valence-electron chi connectivity index (χ3n) is 2.04. The fourth-order valence-corrected chi connectivity index (χ4v) is 1.46. The summed E-state index contributed by atoms with van der Waals surface area (Å²) in [6.07, 6.45) is 4.84. The average molecular weight is 136 g/mol. The van der Waals surface area contributed by atoms with E-state index in [9.17, 15) is 4.79 Å². The van der Waals surface area contributed by atoms with Crippen molar-refractivity contribution >= 4 is 18.3 Å². The van der Waals surface area contributed by atoms with Crippen LogP contribution in [0.1, 0.15) is 12.8 Å². The summed E-state index contributed by atoms with van der Waals surface area (Å²) in [4.78, 5) is 19.0. The average Bonchev–Trinajstić information content (AvgIpc) is 2.34. The zero-order chi connectivity index (χ0) is 6.97. The van der Waals surface area contributed by atoms with Crippen molar-refractivity contribution in [1.82, 2.24) is 0 Å². The van der Waals surface area contributed by atoms with Crippen molar-refractivity contribution in [2.75, 3.05) is 0 Å². The first kappa shape index (κ1) is 5.77. The van der Waals surface area contributed by atoms with Crippen LogP contribution in [0.3, 0.4) is 0 Å². The first-order chi connectivity index (χ1) is 4.88. The molecule has 0 aromatic heterocycles. The molecule has 0 saturated heterocycles. The fourth-order valence-electron chi connectivity index (χ4n) is 1.46. The van der Waals surface area contributed by atoms with Gasteiger partial charge >= 0.3 is 0 Å². The Morgan fingerprint density at radius 3 is 3.30 bits per heavy atom. The Hall–Kier alpha value is -0.990. The molecule has 0 aromatic carbocycles. The molecule has 0 aromatic rings. The second-order valence-electron chi connectivity index (χ2n) is 2.66. The molecule has 1 aliphatic heterocycles. The van der Waals surface area contributed by atoms with E-state index < -0.39 is 0 Å². The van der Waals surface area contributed by atoms with Crippen LogP contribution >= 0.6 is 0 Å². The van der Waals surface area contributed by atoms with Crippen molar-refractivity contribution in [3.05, 3.63) is 0 Å². The van der Waals surface area contributed by atoms with Crippen molar-refractivity contribution in [2.45, 2.75) is 18.9 Å². The predicted molar refractivity (Wildman–Crippen MR) is 38.5 cm³/mol. The maximum Gasteiger partial charge on any atom is 0.143 e. The van der Waals surface area contributed by atoms with Gasteiger partial charge in [0, 0.05) is 12.6 Å². The largest absolute Gasteiger partial charge is 0.299 e. The molecule has 2 aliphatic rings. The normalized spacial score (nSPS) is 36.6. The Bertz CT molecular complexity index is 220. The van der Waals surface area contributed by atoms with Gasteiger partial charge in [0.1, 0.15) is 12.1 Å². The molecule has 0 unspecified atom stereocenters. The lowest BCUT2D eigenvalue weighted by molar-refractivity contribution is -0.119. The Labute approximate surface area is 58.9 Å². The number of hydrogen-bond donors (Lipinski definition) is 0. The molecule has 1 fully saturated rings. The van der Waals surface area contributed by atoms with Gasteiger partial charge in [0.05, 0.1) is 12.0 Å². The zero-order valence-electron chi connectivity index (χ0n) is 5.53. The molecule has 2 rings (SSSR count). The van der Waals surface area contributed by atoms with Gasteiger partial charge in [-0.25, -0.2) is 4.99 Å². The summed E-state index contributed by atoms with van der Waals surface area (Å²) in [7, 11) is 0. The van der Waals surface area contributed by atoms with Crippen LogP contribution in [0, 0.1) is 5.92 Å². The van der Waals surface area contributed by atoms with Crippen LogP contribution in [0.4, 0.5) is 0 Å². The van der Waals surface area contributed by atoms with Crippen molar-refractivity contribution in [3.63, 3.8) is 0 Å². The van der Waals surface area contributed by atoms with E-state index in [-0.39, 0.29) is 12.0 Å². The SMILES string of the molecule is O=C1CC[C@@H]2N=CN=C[C@H]12. The standard InChI is InChI=1S/C7H8N2O/c10-7-2-1-6-5(7)3-8-4-9-6/h3-6H,1-2H2/t5-,6-/m0/s1. The fraction of sp³-hybridized carbons (Fsp3) is 0.571. The number of rotatable bonds is 0. The minimum Gasteiger partial charge on any atom is -0.299 e. The second kappa shape index (κ2) is 2.01. The minimum atomic E-state index is 0.00463. The van der Waals surface area contributed by atoms with E-state index in [0.29, 0.717) is 12.2 Å². The molecule has 52 valence electrons. The highest BCUT2D eigenvalue weighted by Gasteiger charge is 2.33. The monoisotopic (exact) mass is 136 g/mol. The number of hydrogen-bond acceptors (Lipinski definition) is 3. The van der Waals surface area contributed by atoms with E-state index in [0.717, 1.165) is 6.42 Å². The van der Waals surface area contributed by atoms with Gasteiger partial charge in [-0.3, -0.25) is 9.79 Å². The lowest BCUT2D eigenvalue weighted by Gasteiger charge is -2.10. The van der Waals surface area contributed by atoms with E-state index in [2.05, 4.69) is 9.98 Å². The van der Waals surface area contributed by atoms with Gasteiger partial charge < -0.3 is 0 Å². The highest BCUT2D eigenvalue weighted by Crippen LogP contribution is 2.24. The smallest absolute Gasteiger partial charge is 0.143 e. The highest BCUT2D eigenvalue weighted by atomic mass is 16.1. The zero-order valence-corrected chi connectivity index (χ0v) is 5.53. The van der Waals surface area contributed by atoms with Gasteiger partial charge in [0.25, 0.3) is 0 Å². The third kappa shape index (κ3) is 0.701. The van der Waals surface area contributed by atoms with E-state index in [1.54, 1.807) is 12.6 Å². The molecule has 0 radical (unpaired) electrons. The summed E-state index contributed by atoms with van der Waals surface area (Å²) >= 11 is 0. The minimum absolute atomic E-state index is 0.00463. The summed E-state index contributed by atoms with van der Waals surface area (Å²) in [5.74, 6) is 0.301. The van der Waals surface area contributed by atoms with Gasteiger partial charge in [-0.1, -0.05) is 0 Å². The van der Waals surface area contributed by atoms with Crippen LogP contribution in [0.15, 0.2) is 9.98 Å². The van der Waals surface area contributed by atoms with Gasteiger partial charge in [-0.2, -0.15) is 0 Å². The number of fused-ring (bicyclic) bond motifs is 1. The lowest BCUT2D eigenvalue weighted by atomic mass is 10.0. The van der Waals surface area contributed by atoms with Crippen LogP contribution in [0.2, 0.25) is 0 Å². The van der Waals surface area contributed by atoms with Crippen LogP contribution in [0.5, 0.6) is 0 Å². The molecule has 10 heavy (non-hydrogen) atoms. The molecule has 1 saturated carbocycles. The number of Topliss-reactive ketones (excluding diaryl/α,β-unsaturated/α-hetero) is 1. The lowest BCUT2D eigenvalue weighted by Crippen LogP contribution is -2.21. The summed E-state index contributed by atoms with van der Waals surface area (Å²) in [6.45, 7) is 0. The second-order valence-corrected chi connectivity index (χ2v) is 2.66. The Kier molecular flexibility index (Phi) is 1.16. The number of carbonyl (C=O) groups is 1. The quantitative estimate of drug-likeness (QED) is 0.476. The summed E-state index contributed by atoms with van der Waals surface area (Å²) in [6, 6.07) is 0.213. The molecule has 0 amide bonds. The van der Waals surface area contributed by atoms with Crippen molar-refractivity contribution in [1.29, 1.82) is 0 Å². The van der Waals surface area contributed by atoms with Crippen molar-refractivity contribution < 1.29 is 4.79 Å². The van der Waals surface area contributed by atoms with Crippen LogP contribution in [0.25, 0.3) is 0 Å². The maximum atomic E-state index is 11.0. The molecule has 1 aliphatic carbocycles. The predicted octanol–water partition coefficient (Wildman–Crippen LogP) is 0.447. The molecular formula is C7H8N2O. The summed E-state index contributed by atoms with van der Waals surface area (Å²) in [5.41, 5.74) is 0. The van der Waals surface area contributed by atoms with Gasteiger partial charge in [-0.05, 0) is 6.42 Å². The molecule has 3 nitrogen and oxygen atoms in total. The molecule has 3 heteroatoms. The van der Waals surface area contributed by atoms with E-state index in [1.807, 2.05) is 0 Å². The molecular weight excluding hydrogens is 128 g/mol. The van der Waals surface area contributed by atoms with E-state index in [1.165, 1.54) is 0 Å². The van der Waals surface area contributed by atoms with Crippen molar-refractivity contribution in [2.24, 2.45) is 15.9 Å². The van der Waals surface area contributed by atoms with Crippen LogP contribution in [-0.2, 0) is 4.79 Å². The number of nitrogens with zero attached hydrogens (tertiary/aromatic N) is 2. The first-order valence-corrected chi connectivity index (χ1v) is 3.45. The Morgan fingerprint density at radius 1 is 1.60 bits per heavy atom. The van der Waals surface area contributed by atoms with Gasteiger partial charge in [0.2, 0.25) is 0 Å². The molecule has 2 atom stereocenters. The number of aliphatic imine (C=N–C) groups is 2. The molecule has 0 bridgehead atoms. The first-order valence-electron chi connectivity index (χ1n) is 3.45. The van der Waals surface area contributed by atoms with Crippen LogP contribution in [-0.4, -0.2) is 24.4 Å². The molecule has 0 spiro atoms. The van der Waals surface area contributed by atoms with Gasteiger partial charge in [-0.15, -0.1) is 0 Å². The Morgan fingerprint density at radius 2 is 2.50 bits per heavy atom. The van der Waals surface area contributed by atoms with Gasteiger partial charge in [0.15, 0.2) is 0 Å². The van der Waals surface area contributed by atoms with Crippen LogP contribution < -0.4 is 0 Å². The van der Waals surface area contributed by atoms with Crippen molar-refractivity contribution in [3.8, 4) is 0 Å². The highest BCUT2D eigenvalue weighted by molar-refractivity contribution is 6.00. The number of ketones is 1. The summed E-state index contributed by atoms with van der Waals surface area (Å²) in [5, 5.41) is 0. The Balaban J connectivity index is 2.27. The molecule has 1 heterocycles.